The molecule has 0 spiro atoms. The van der Waals surface area contributed by atoms with Crippen LogP contribution in [0.15, 0.2) is 47.4 Å². The number of halogens is 1. The first-order valence-electron chi connectivity index (χ1n) is 11.4. The van der Waals surface area contributed by atoms with Gasteiger partial charge in [-0.1, -0.05) is 17.7 Å². The molecule has 1 atom stereocenters. The molecular formula is C26H26ClN5O2. The van der Waals surface area contributed by atoms with Crippen molar-refractivity contribution in [3.63, 3.8) is 0 Å². The van der Waals surface area contributed by atoms with Crippen molar-refractivity contribution in [1.29, 1.82) is 0 Å². The van der Waals surface area contributed by atoms with Gasteiger partial charge in [0.15, 0.2) is 0 Å². The molecule has 7 nitrogen and oxygen atoms in total. The highest BCUT2D eigenvalue weighted by molar-refractivity contribution is 6.33. The lowest BCUT2D eigenvalue weighted by atomic mass is 9.98. The number of pyridine rings is 2. The summed E-state index contributed by atoms with van der Waals surface area (Å²) in [4.78, 5) is 27.3. The van der Waals surface area contributed by atoms with Crippen molar-refractivity contribution in [2.75, 3.05) is 18.5 Å². The van der Waals surface area contributed by atoms with Crippen molar-refractivity contribution in [3.8, 4) is 22.4 Å². The molecule has 1 saturated heterocycles. The summed E-state index contributed by atoms with van der Waals surface area (Å²) in [6.07, 6.45) is 2.66. The van der Waals surface area contributed by atoms with Gasteiger partial charge in [-0.15, -0.1) is 0 Å². The number of fused-ring (bicyclic) bond motifs is 1. The number of hydrogen-bond donors (Lipinski definition) is 1. The average molecular weight is 476 g/mol. The molecule has 8 heteroatoms. The molecule has 174 valence electrons. The summed E-state index contributed by atoms with van der Waals surface area (Å²) in [5.41, 5.74) is 5.42. The van der Waals surface area contributed by atoms with E-state index in [1.165, 1.54) is 0 Å². The van der Waals surface area contributed by atoms with Crippen LogP contribution in [0.4, 0.5) is 5.95 Å². The minimum atomic E-state index is -0.133. The molecular weight excluding hydrogens is 450 g/mol. The molecule has 1 aliphatic heterocycles. The summed E-state index contributed by atoms with van der Waals surface area (Å²) in [5, 5.41) is 4.59. The second-order valence-electron chi connectivity index (χ2n) is 8.60. The van der Waals surface area contributed by atoms with E-state index in [4.69, 9.17) is 16.3 Å². The molecule has 1 fully saturated rings. The number of anilines is 1. The predicted octanol–water partition coefficient (Wildman–Crippen LogP) is 5.01. The maximum atomic E-state index is 13.5. The van der Waals surface area contributed by atoms with Crippen LogP contribution in [0.25, 0.3) is 33.4 Å². The van der Waals surface area contributed by atoms with Crippen LogP contribution in [0.3, 0.4) is 0 Å². The van der Waals surface area contributed by atoms with Crippen LogP contribution in [0.5, 0.6) is 0 Å². The van der Waals surface area contributed by atoms with Gasteiger partial charge in [0.1, 0.15) is 5.65 Å². The first-order valence-corrected chi connectivity index (χ1v) is 11.8. The highest BCUT2D eigenvalue weighted by atomic mass is 35.5. The SMILES string of the molecule is CCn1c(=O)c(-c2cc(C)c(-c3cccc(C)n3)cc2Cl)cc2cnc(N[C@@H]3CCOC3)nc21. The van der Waals surface area contributed by atoms with E-state index in [1.807, 2.05) is 57.2 Å². The monoisotopic (exact) mass is 475 g/mol. The van der Waals surface area contributed by atoms with E-state index >= 15 is 0 Å². The zero-order valence-corrected chi connectivity index (χ0v) is 20.2. The molecule has 0 bridgehead atoms. The number of nitrogens with zero attached hydrogens (tertiary/aromatic N) is 4. The number of benzene rings is 1. The van der Waals surface area contributed by atoms with Gasteiger partial charge in [-0.2, -0.15) is 4.98 Å². The van der Waals surface area contributed by atoms with Crippen molar-refractivity contribution >= 4 is 28.6 Å². The zero-order chi connectivity index (χ0) is 23.8. The molecule has 1 aromatic carbocycles. The predicted molar refractivity (Wildman–Crippen MR) is 135 cm³/mol. The Kier molecular flexibility index (Phi) is 6.06. The summed E-state index contributed by atoms with van der Waals surface area (Å²) < 4.78 is 7.09. The standard InChI is InChI=1S/C26H26ClN5O2/c1-4-32-24-17(13-28-26(31-24)30-18-8-9-34-14-18)11-21(25(32)33)20-10-15(2)19(12-22(20)27)23-7-5-6-16(3)29-23/h5-7,10-13,18H,4,8-9,14H2,1-3H3,(H,28,30,31)/t18-/m1/s1. The lowest BCUT2D eigenvalue weighted by Gasteiger charge is -2.15. The Morgan fingerprint density at radius 2 is 2.00 bits per heavy atom. The normalized spacial score (nSPS) is 15.7. The Hall–Kier alpha value is -3.29. The molecule has 1 aliphatic rings. The number of aryl methyl sites for hydroxylation is 3. The lowest BCUT2D eigenvalue weighted by Crippen LogP contribution is -2.24. The largest absolute Gasteiger partial charge is 0.379 e. The highest BCUT2D eigenvalue weighted by Crippen LogP contribution is 2.34. The number of ether oxygens (including phenoxy) is 1. The molecule has 0 unspecified atom stereocenters. The topological polar surface area (TPSA) is 81.9 Å². The van der Waals surface area contributed by atoms with Crippen LogP contribution in [-0.2, 0) is 11.3 Å². The van der Waals surface area contributed by atoms with E-state index in [0.717, 1.165) is 40.9 Å². The molecule has 0 amide bonds. The third-order valence-corrected chi connectivity index (χ3v) is 6.49. The number of aromatic nitrogens is 4. The number of rotatable bonds is 5. The molecule has 4 heterocycles. The Balaban J connectivity index is 1.60. The Labute approximate surface area is 202 Å². The van der Waals surface area contributed by atoms with Gasteiger partial charge in [0.2, 0.25) is 5.95 Å². The maximum Gasteiger partial charge on any atom is 0.260 e. The molecule has 0 radical (unpaired) electrons. The molecule has 34 heavy (non-hydrogen) atoms. The van der Waals surface area contributed by atoms with Gasteiger partial charge in [0, 0.05) is 52.1 Å². The Bertz CT molecular complexity index is 1440. The number of nitrogens with one attached hydrogen (secondary N) is 1. The van der Waals surface area contributed by atoms with Crippen LogP contribution in [0.2, 0.25) is 5.02 Å². The molecule has 1 N–H and O–H groups in total. The van der Waals surface area contributed by atoms with Crippen molar-refractivity contribution in [2.45, 2.75) is 39.8 Å². The van der Waals surface area contributed by atoms with Crippen LogP contribution in [0, 0.1) is 13.8 Å². The van der Waals surface area contributed by atoms with Crippen molar-refractivity contribution in [1.82, 2.24) is 19.5 Å². The fourth-order valence-electron chi connectivity index (χ4n) is 4.40. The smallest absolute Gasteiger partial charge is 0.260 e. The highest BCUT2D eigenvalue weighted by Gasteiger charge is 2.19. The third-order valence-electron chi connectivity index (χ3n) is 6.17. The summed E-state index contributed by atoms with van der Waals surface area (Å²) in [7, 11) is 0. The Morgan fingerprint density at radius 1 is 1.15 bits per heavy atom. The van der Waals surface area contributed by atoms with Crippen LogP contribution >= 0.6 is 11.6 Å². The van der Waals surface area contributed by atoms with E-state index < -0.39 is 0 Å². The molecule has 3 aromatic heterocycles. The van der Waals surface area contributed by atoms with Gasteiger partial charge in [-0.25, -0.2) is 4.98 Å². The summed E-state index contributed by atoms with van der Waals surface area (Å²) in [5.74, 6) is 0.501. The van der Waals surface area contributed by atoms with E-state index in [2.05, 4.69) is 20.3 Å². The van der Waals surface area contributed by atoms with Gasteiger partial charge in [0.05, 0.1) is 18.3 Å². The van der Waals surface area contributed by atoms with Crippen LogP contribution in [0.1, 0.15) is 24.6 Å². The Morgan fingerprint density at radius 3 is 2.74 bits per heavy atom. The second kappa shape index (κ2) is 9.16. The van der Waals surface area contributed by atoms with Crippen LogP contribution in [-0.4, -0.2) is 38.8 Å². The minimum Gasteiger partial charge on any atom is -0.379 e. The fourth-order valence-corrected chi connectivity index (χ4v) is 4.67. The molecule has 5 rings (SSSR count). The van der Waals surface area contributed by atoms with E-state index in [-0.39, 0.29) is 11.6 Å². The quantitative estimate of drug-likeness (QED) is 0.437. The van der Waals surface area contributed by atoms with Crippen molar-refractivity contribution in [3.05, 3.63) is 69.2 Å². The maximum absolute atomic E-state index is 13.5. The first-order chi connectivity index (χ1) is 16.4. The molecule has 0 saturated carbocycles. The van der Waals surface area contributed by atoms with Crippen molar-refractivity contribution < 1.29 is 4.74 Å². The minimum absolute atomic E-state index is 0.133. The van der Waals surface area contributed by atoms with Gasteiger partial charge in [0.25, 0.3) is 5.56 Å². The summed E-state index contributed by atoms with van der Waals surface area (Å²) in [6, 6.07) is 11.8. The van der Waals surface area contributed by atoms with Gasteiger partial charge in [-0.3, -0.25) is 14.3 Å². The van der Waals surface area contributed by atoms with Gasteiger partial charge < -0.3 is 10.1 Å². The second-order valence-corrected chi connectivity index (χ2v) is 9.00. The molecule has 4 aromatic rings. The average Bonchev–Trinajstić information content (AvgIpc) is 3.33. The zero-order valence-electron chi connectivity index (χ0n) is 19.4. The van der Waals surface area contributed by atoms with E-state index in [1.54, 1.807) is 10.8 Å². The molecule has 0 aliphatic carbocycles. The van der Waals surface area contributed by atoms with Gasteiger partial charge >= 0.3 is 0 Å². The fraction of sp³-hybridized carbons (Fsp3) is 0.308. The van der Waals surface area contributed by atoms with Gasteiger partial charge in [-0.05, 0) is 63.1 Å². The van der Waals surface area contributed by atoms with E-state index in [0.29, 0.717) is 40.9 Å². The summed E-state index contributed by atoms with van der Waals surface area (Å²) >= 11 is 6.74. The summed E-state index contributed by atoms with van der Waals surface area (Å²) in [6.45, 7) is 7.74. The van der Waals surface area contributed by atoms with Crippen LogP contribution < -0.4 is 10.9 Å². The number of hydrogen-bond acceptors (Lipinski definition) is 6. The third kappa shape index (κ3) is 4.17. The first kappa shape index (κ1) is 22.5. The lowest BCUT2D eigenvalue weighted by molar-refractivity contribution is 0.195. The van der Waals surface area contributed by atoms with Crippen molar-refractivity contribution in [2.24, 2.45) is 0 Å². The van der Waals surface area contributed by atoms with E-state index in [9.17, 15) is 4.79 Å².